The lowest BCUT2D eigenvalue weighted by molar-refractivity contribution is -0.223. The van der Waals surface area contributed by atoms with E-state index in [4.69, 9.17) is 0 Å². The largest absolute Gasteiger partial charge is 0.414 e. The van der Waals surface area contributed by atoms with Crippen LogP contribution in [0.4, 0.5) is 18.9 Å². The molecule has 0 aliphatic carbocycles. The monoisotopic (exact) mass is 317 g/mol. The number of aliphatic hydroxyl groups is 1. The number of pyridine rings is 1. The number of halogens is 3. The van der Waals surface area contributed by atoms with Gasteiger partial charge in [0, 0.05) is 18.1 Å². The van der Waals surface area contributed by atoms with Gasteiger partial charge in [-0.25, -0.2) is 0 Å². The minimum Gasteiger partial charge on any atom is -0.383 e. The molecule has 0 aromatic carbocycles. The summed E-state index contributed by atoms with van der Waals surface area (Å²) in [6.07, 6.45) is -3.29. The zero-order valence-corrected chi connectivity index (χ0v) is 11.9. The number of aromatic nitrogens is 1. The lowest BCUT2D eigenvalue weighted by atomic mass is 9.91. The van der Waals surface area contributed by atoms with Crippen LogP contribution in [-0.4, -0.2) is 52.8 Å². The lowest BCUT2D eigenvalue weighted by Crippen LogP contribution is -2.45. The Morgan fingerprint density at radius 3 is 2.50 bits per heavy atom. The predicted molar refractivity (Wildman–Crippen MR) is 74.1 cm³/mol. The van der Waals surface area contributed by atoms with Crippen molar-refractivity contribution in [3.05, 3.63) is 24.5 Å². The van der Waals surface area contributed by atoms with E-state index in [2.05, 4.69) is 10.3 Å². The summed E-state index contributed by atoms with van der Waals surface area (Å²) < 4.78 is 37.4. The van der Waals surface area contributed by atoms with Crippen LogP contribution in [0.15, 0.2) is 24.5 Å². The number of carbonyl (C=O) groups excluding carboxylic acids is 1. The highest BCUT2D eigenvalue weighted by Crippen LogP contribution is 2.31. The van der Waals surface area contributed by atoms with E-state index in [0.717, 1.165) is 0 Å². The Labute approximate surface area is 126 Å². The highest BCUT2D eigenvalue weighted by molar-refractivity contribution is 5.92. The number of amides is 1. The molecule has 1 aliphatic heterocycles. The summed E-state index contributed by atoms with van der Waals surface area (Å²) in [6.45, 7) is 0.848. The van der Waals surface area contributed by atoms with Crippen molar-refractivity contribution in [1.82, 2.24) is 9.88 Å². The molecule has 2 N–H and O–H groups in total. The summed E-state index contributed by atoms with van der Waals surface area (Å²) in [5.74, 6) is -1.01. The smallest absolute Gasteiger partial charge is 0.383 e. The van der Waals surface area contributed by atoms with E-state index < -0.39 is 18.2 Å². The Balaban J connectivity index is 1.77. The van der Waals surface area contributed by atoms with Crippen LogP contribution in [0.25, 0.3) is 0 Å². The number of aliphatic hydroxyl groups excluding tert-OH is 1. The van der Waals surface area contributed by atoms with Crippen molar-refractivity contribution in [2.24, 2.45) is 5.92 Å². The third-order valence-corrected chi connectivity index (χ3v) is 3.75. The molecule has 0 radical (unpaired) electrons. The van der Waals surface area contributed by atoms with E-state index in [9.17, 15) is 23.1 Å². The van der Waals surface area contributed by atoms with Crippen molar-refractivity contribution in [2.75, 3.05) is 25.0 Å². The Morgan fingerprint density at radius 1 is 1.36 bits per heavy atom. The van der Waals surface area contributed by atoms with Gasteiger partial charge in [-0.15, -0.1) is 0 Å². The van der Waals surface area contributed by atoms with Crippen LogP contribution in [0.3, 0.4) is 0 Å². The van der Waals surface area contributed by atoms with Gasteiger partial charge < -0.3 is 10.4 Å². The van der Waals surface area contributed by atoms with Crippen LogP contribution in [0.1, 0.15) is 12.8 Å². The second-order valence-electron chi connectivity index (χ2n) is 5.38. The molecule has 2 heterocycles. The second-order valence-corrected chi connectivity index (χ2v) is 5.38. The standard InChI is InChI=1S/C14H18F3N3O2/c15-14(16,17)13(22)10-3-7-20(8-4-10)9-12(21)19-11-1-5-18-6-2-11/h1-2,5-6,10,13,22H,3-4,7-9H2,(H,18,19,21). The molecule has 2 rings (SSSR count). The highest BCUT2D eigenvalue weighted by atomic mass is 19.4. The molecule has 1 atom stereocenters. The number of nitrogens with one attached hydrogen (secondary N) is 1. The zero-order chi connectivity index (χ0) is 16.2. The van der Waals surface area contributed by atoms with E-state index >= 15 is 0 Å². The molecule has 1 aromatic heterocycles. The normalized spacial score (nSPS) is 18.9. The van der Waals surface area contributed by atoms with E-state index in [0.29, 0.717) is 18.8 Å². The molecule has 5 nitrogen and oxygen atoms in total. The van der Waals surface area contributed by atoms with Gasteiger partial charge in [0.15, 0.2) is 6.10 Å². The third-order valence-electron chi connectivity index (χ3n) is 3.75. The van der Waals surface area contributed by atoms with Crippen LogP contribution in [0, 0.1) is 5.92 Å². The van der Waals surface area contributed by atoms with E-state index in [-0.39, 0.29) is 25.3 Å². The maximum absolute atomic E-state index is 12.5. The molecule has 1 unspecified atom stereocenters. The number of anilines is 1. The average molecular weight is 317 g/mol. The minimum absolute atomic E-state index is 0.122. The van der Waals surface area contributed by atoms with Gasteiger partial charge in [0.1, 0.15) is 0 Å². The number of carbonyl (C=O) groups is 1. The van der Waals surface area contributed by atoms with Crippen molar-refractivity contribution in [3.63, 3.8) is 0 Å². The van der Waals surface area contributed by atoms with Gasteiger partial charge in [0.2, 0.25) is 5.91 Å². The van der Waals surface area contributed by atoms with Gasteiger partial charge in [-0.3, -0.25) is 14.7 Å². The zero-order valence-electron chi connectivity index (χ0n) is 11.9. The number of hydrogen-bond donors (Lipinski definition) is 2. The summed E-state index contributed by atoms with van der Waals surface area (Å²) >= 11 is 0. The Morgan fingerprint density at radius 2 is 1.95 bits per heavy atom. The Hall–Kier alpha value is -1.67. The van der Waals surface area contributed by atoms with Crippen molar-refractivity contribution in [3.8, 4) is 0 Å². The Kier molecular flexibility index (Phi) is 5.36. The van der Waals surface area contributed by atoms with Crippen LogP contribution in [0.2, 0.25) is 0 Å². The first-order valence-corrected chi connectivity index (χ1v) is 7.03. The maximum Gasteiger partial charge on any atom is 0.414 e. The topological polar surface area (TPSA) is 65.5 Å². The average Bonchev–Trinajstić information content (AvgIpc) is 2.47. The van der Waals surface area contributed by atoms with Crippen molar-refractivity contribution in [2.45, 2.75) is 25.1 Å². The van der Waals surface area contributed by atoms with Gasteiger partial charge in [-0.1, -0.05) is 0 Å². The summed E-state index contributed by atoms with van der Waals surface area (Å²) in [5, 5.41) is 11.9. The molecule has 22 heavy (non-hydrogen) atoms. The fourth-order valence-electron chi connectivity index (χ4n) is 2.53. The second kappa shape index (κ2) is 7.06. The predicted octanol–water partition coefficient (Wildman–Crippen LogP) is 1.66. The number of piperidine rings is 1. The number of alkyl halides is 3. The van der Waals surface area contributed by atoms with E-state index in [1.807, 2.05) is 0 Å². The van der Waals surface area contributed by atoms with Crippen LogP contribution >= 0.6 is 0 Å². The SMILES string of the molecule is O=C(CN1CCC(C(O)C(F)(F)F)CC1)Nc1ccncc1. The van der Waals surface area contributed by atoms with Crippen LogP contribution in [-0.2, 0) is 4.79 Å². The van der Waals surface area contributed by atoms with Crippen molar-refractivity contribution in [1.29, 1.82) is 0 Å². The summed E-state index contributed by atoms with van der Waals surface area (Å²) in [7, 11) is 0. The lowest BCUT2D eigenvalue weighted by Gasteiger charge is -2.34. The number of rotatable bonds is 4. The maximum atomic E-state index is 12.5. The van der Waals surface area contributed by atoms with Crippen molar-refractivity contribution >= 4 is 11.6 Å². The molecule has 0 saturated carbocycles. The molecule has 1 aliphatic rings. The number of likely N-dealkylation sites (tertiary alicyclic amines) is 1. The first kappa shape index (κ1) is 16.7. The highest BCUT2D eigenvalue weighted by Gasteiger charge is 2.44. The van der Waals surface area contributed by atoms with Gasteiger partial charge in [-0.05, 0) is 44.0 Å². The van der Waals surface area contributed by atoms with E-state index in [1.54, 1.807) is 29.4 Å². The molecule has 1 fully saturated rings. The van der Waals surface area contributed by atoms with Crippen LogP contribution in [0.5, 0.6) is 0 Å². The first-order chi connectivity index (χ1) is 10.4. The van der Waals surface area contributed by atoms with Gasteiger partial charge in [0.25, 0.3) is 0 Å². The number of hydrogen-bond acceptors (Lipinski definition) is 4. The van der Waals surface area contributed by atoms with Crippen LogP contribution < -0.4 is 5.32 Å². The summed E-state index contributed by atoms with van der Waals surface area (Å²) in [6, 6.07) is 3.31. The molecule has 1 amide bonds. The molecule has 1 aromatic rings. The molecule has 1 saturated heterocycles. The van der Waals surface area contributed by atoms with Gasteiger partial charge >= 0.3 is 6.18 Å². The fraction of sp³-hybridized carbons (Fsp3) is 0.571. The minimum atomic E-state index is -4.58. The first-order valence-electron chi connectivity index (χ1n) is 7.03. The fourth-order valence-corrected chi connectivity index (χ4v) is 2.53. The van der Waals surface area contributed by atoms with Gasteiger partial charge in [-0.2, -0.15) is 13.2 Å². The molecule has 8 heteroatoms. The molecular formula is C14H18F3N3O2. The third kappa shape index (κ3) is 4.67. The summed E-state index contributed by atoms with van der Waals surface area (Å²) in [5.41, 5.74) is 0.627. The molecular weight excluding hydrogens is 299 g/mol. The van der Waals surface area contributed by atoms with E-state index in [1.165, 1.54) is 0 Å². The molecule has 0 spiro atoms. The molecule has 122 valence electrons. The Bertz CT molecular complexity index is 488. The quantitative estimate of drug-likeness (QED) is 0.886. The molecule has 0 bridgehead atoms. The number of nitrogens with zero attached hydrogens (tertiary/aromatic N) is 2. The van der Waals surface area contributed by atoms with Crippen molar-refractivity contribution < 1.29 is 23.1 Å². The summed E-state index contributed by atoms with van der Waals surface area (Å²) in [4.78, 5) is 17.5. The van der Waals surface area contributed by atoms with Gasteiger partial charge in [0.05, 0.1) is 6.54 Å².